The second-order valence-corrected chi connectivity index (χ2v) is 33.9. The zero-order valence-electron chi connectivity index (χ0n) is 71.3. The number of aromatic amines is 8. The molecule has 31 nitrogen and oxygen atoms in total. The van der Waals surface area contributed by atoms with Gasteiger partial charge in [0.25, 0.3) is 22.2 Å². The first-order valence-electron chi connectivity index (χ1n) is 44.5. The number of aryl methyl sites for hydroxylation is 1. The molecule has 5 saturated heterocycles. The number of benzene rings is 4. The van der Waals surface area contributed by atoms with E-state index in [2.05, 4.69) is 70.2 Å². The van der Waals surface area contributed by atoms with Crippen LogP contribution in [0.4, 0.5) is 18.4 Å². The standard InChI is InChI=1S/C26H35N5O4.C25H33N5O4.C22H22FN5O2.C20H18FN5O/c1-17(2)35-26(33)30-13-9-19(10-14-30)23-20(8-7-18-11-15-34-16-12-18)24(32)31(29-23)25-27-21-5-3-4-6-22(21)28-25;1-2-34-25(32)29-13-9-18(10-14-29)22-19(8-7-17-11-15-33-16-12-17)23(31)30(28-22)24-26-20-5-3-4-6-21(20)27-24;23-16-4-1-3-15(13-16)19-17(7-6-14-8-11-30-12-9-14)21(29)28(27-19)22-25-18-5-2-10-24-20(18)26-22;21-14-8-3-12(4-9-14)5-10-15-17(13-6-7-13)25-26(19(15)27)20-23-16-2-1-11-22-18(16)24-20/h3-6,17-19,29H,7-16H2,1-2H3,(H,27,28);3-6,17-18,28H,2,7-16H2,1H3,(H,26,27);1-5,10,13-14,27H,6-9,11-12H2,(H,24,25,26);1-4,8-9,11,13,25H,5-7,10H2,(H,22,23,24). The molecule has 0 unspecified atom stereocenters. The van der Waals surface area contributed by atoms with E-state index in [0.717, 1.165) is 221 Å². The number of halogens is 2. The molecular formula is C93H108F2N20O11. The Bertz CT molecular complexity index is 6180. The van der Waals surface area contributed by atoms with Crippen molar-refractivity contribution in [3.8, 4) is 35.1 Å². The molecule has 0 radical (unpaired) electrons. The average molecular weight is 1720 g/mol. The van der Waals surface area contributed by atoms with Gasteiger partial charge in [0.2, 0.25) is 23.8 Å². The summed E-state index contributed by atoms with van der Waals surface area (Å²) in [5.74, 6) is 3.70. The number of piperidine rings is 2. The smallest absolute Gasteiger partial charge is 0.410 e. The van der Waals surface area contributed by atoms with E-state index in [0.29, 0.717) is 128 Å². The van der Waals surface area contributed by atoms with Crippen molar-refractivity contribution in [1.29, 1.82) is 0 Å². The van der Waals surface area contributed by atoms with Crippen LogP contribution >= 0.6 is 0 Å². The van der Waals surface area contributed by atoms with Gasteiger partial charge < -0.3 is 53.4 Å². The fraction of sp³-hybridized carbons (Fsp3) is 0.441. The van der Waals surface area contributed by atoms with Crippen molar-refractivity contribution >= 4 is 56.6 Å². The van der Waals surface area contributed by atoms with Gasteiger partial charge >= 0.3 is 12.2 Å². The second kappa shape index (κ2) is 39.3. The number of amides is 2. The highest BCUT2D eigenvalue weighted by molar-refractivity contribution is 5.77. The highest BCUT2D eigenvalue weighted by Crippen LogP contribution is 2.41. The van der Waals surface area contributed by atoms with Gasteiger partial charge in [0.05, 0.1) is 51.5 Å². The lowest BCUT2D eigenvalue weighted by molar-refractivity contribution is 0.0638. The Hall–Kier alpha value is -12.6. The maximum atomic E-state index is 13.9. The Morgan fingerprint density at radius 3 is 1.27 bits per heavy atom. The van der Waals surface area contributed by atoms with Crippen molar-refractivity contribution in [2.24, 2.45) is 17.8 Å². The van der Waals surface area contributed by atoms with Crippen LogP contribution in [0.5, 0.6) is 0 Å². The molecule has 0 atom stereocenters. The Morgan fingerprint density at radius 1 is 0.429 bits per heavy atom. The molecule has 14 aromatic rings. The number of para-hydroxylation sites is 4. The van der Waals surface area contributed by atoms with Crippen LogP contribution in [-0.4, -0.2) is 189 Å². The molecule has 6 aliphatic rings. The van der Waals surface area contributed by atoms with Crippen molar-refractivity contribution in [3.05, 3.63) is 232 Å². The number of likely N-dealkylation sites (tertiary alicyclic amines) is 2. The number of H-pyrrole nitrogens is 8. The molecule has 20 rings (SSSR count). The van der Waals surface area contributed by atoms with Crippen LogP contribution < -0.4 is 22.2 Å². The van der Waals surface area contributed by atoms with Crippen molar-refractivity contribution < 1.29 is 42.1 Å². The van der Waals surface area contributed by atoms with Crippen LogP contribution in [0.1, 0.15) is 180 Å². The minimum Gasteiger partial charge on any atom is -0.450 e. The molecule has 0 spiro atoms. The number of hydrogen-bond donors (Lipinski definition) is 8. The van der Waals surface area contributed by atoms with Crippen LogP contribution in [0.3, 0.4) is 0 Å². The van der Waals surface area contributed by atoms with E-state index in [-0.39, 0.29) is 64.0 Å². The zero-order valence-corrected chi connectivity index (χ0v) is 71.3. The van der Waals surface area contributed by atoms with E-state index >= 15 is 0 Å². The number of fused-ring (bicyclic) bond motifs is 4. The molecule has 15 heterocycles. The van der Waals surface area contributed by atoms with Gasteiger partial charge in [0.15, 0.2) is 11.3 Å². The number of pyridine rings is 2. The summed E-state index contributed by atoms with van der Waals surface area (Å²) in [6.45, 7) is 13.2. The SMILES string of the molecule is CC(C)OC(=O)N1CCC(c2[nH]n(-c3nc4ccccc4[nH]3)c(=O)c2CCC2CCOCC2)CC1.CCOC(=O)N1CCC(c2[nH]n(-c3nc4ccccc4[nH]3)c(=O)c2CCC2CCOCC2)CC1.O=c1c(CCC2CCOCC2)c(-c2cccc(F)c2)[nH]n1-c1nc2ncccc2[nH]1.O=c1c(CCc2ccc(F)cc2)c(C2CC2)[nH]n1-c1nc2ncccc2[nH]1. The van der Waals surface area contributed by atoms with Crippen LogP contribution in [0.15, 0.2) is 153 Å². The monoisotopic (exact) mass is 1720 g/mol. The molecule has 660 valence electrons. The summed E-state index contributed by atoms with van der Waals surface area (Å²) in [7, 11) is 0. The first-order valence-corrected chi connectivity index (χ1v) is 44.5. The second-order valence-electron chi connectivity index (χ2n) is 33.9. The third kappa shape index (κ3) is 19.9. The van der Waals surface area contributed by atoms with Crippen LogP contribution in [0.25, 0.3) is 79.4 Å². The van der Waals surface area contributed by atoms with E-state index in [9.17, 15) is 37.5 Å². The molecule has 1 saturated carbocycles. The van der Waals surface area contributed by atoms with Crippen LogP contribution in [-0.2, 0) is 55.8 Å². The number of hydrogen-bond acceptors (Lipinski definition) is 17. The van der Waals surface area contributed by atoms with Crippen molar-refractivity contribution in [2.45, 2.75) is 173 Å². The van der Waals surface area contributed by atoms with Crippen LogP contribution in [0, 0.1) is 29.4 Å². The van der Waals surface area contributed by atoms with Crippen molar-refractivity contribution in [3.63, 3.8) is 0 Å². The van der Waals surface area contributed by atoms with Gasteiger partial charge in [-0.05, 0) is 245 Å². The normalized spacial score (nSPS) is 16.5. The number of rotatable bonds is 22. The Morgan fingerprint density at radius 2 is 0.833 bits per heavy atom. The fourth-order valence-electron chi connectivity index (χ4n) is 18.0. The molecule has 10 aromatic heterocycles. The number of nitrogens with one attached hydrogen (secondary N) is 8. The van der Waals surface area contributed by atoms with E-state index in [1.165, 1.54) is 33.6 Å². The van der Waals surface area contributed by atoms with Crippen molar-refractivity contribution in [2.75, 3.05) is 72.4 Å². The minimum absolute atomic E-state index is 0.0334. The summed E-state index contributed by atoms with van der Waals surface area (Å²) >= 11 is 0. The van der Waals surface area contributed by atoms with Gasteiger partial charge in [0.1, 0.15) is 11.6 Å². The minimum atomic E-state index is -0.343. The number of carbonyl (C=O) groups is 2. The number of imidazole rings is 4. The maximum absolute atomic E-state index is 13.9. The average Bonchev–Trinajstić information content (AvgIpc) is 1.63. The molecular weight excluding hydrogens is 1610 g/mol. The lowest BCUT2D eigenvalue weighted by Crippen LogP contribution is -2.39. The van der Waals surface area contributed by atoms with E-state index < -0.39 is 0 Å². The third-order valence-electron chi connectivity index (χ3n) is 25.2. The molecule has 6 fully saturated rings. The van der Waals surface area contributed by atoms with E-state index in [1.807, 2.05) is 87.5 Å². The first kappa shape index (κ1) is 85.5. The summed E-state index contributed by atoms with van der Waals surface area (Å²) in [5, 5.41) is 13.2. The van der Waals surface area contributed by atoms with E-state index in [1.54, 1.807) is 61.9 Å². The molecule has 2 amide bonds. The van der Waals surface area contributed by atoms with Gasteiger partial charge in [-0.15, -0.1) is 0 Å². The zero-order chi connectivity index (χ0) is 86.7. The topological polar surface area (TPSA) is 378 Å². The summed E-state index contributed by atoms with van der Waals surface area (Å²) in [6.07, 6.45) is 20.5. The van der Waals surface area contributed by atoms with Crippen LogP contribution in [0.2, 0.25) is 0 Å². The Labute approximate surface area is 723 Å². The summed E-state index contributed by atoms with van der Waals surface area (Å²) in [4.78, 5) is 121. The summed E-state index contributed by atoms with van der Waals surface area (Å²) < 4.78 is 60.0. The van der Waals surface area contributed by atoms with Crippen molar-refractivity contribution in [1.82, 2.24) is 98.8 Å². The predicted molar refractivity (Wildman–Crippen MR) is 472 cm³/mol. The lowest BCUT2D eigenvalue weighted by atomic mass is 9.88. The molecule has 8 N–H and O–H groups in total. The number of carbonyl (C=O) groups excluding carboxylic acids is 2. The van der Waals surface area contributed by atoms with Gasteiger partial charge in [-0.3, -0.25) is 39.6 Å². The maximum Gasteiger partial charge on any atom is 0.410 e. The predicted octanol–water partition coefficient (Wildman–Crippen LogP) is 14.7. The third-order valence-corrected chi connectivity index (χ3v) is 25.2. The number of aromatic nitrogens is 18. The molecule has 0 bridgehead atoms. The molecule has 4 aromatic carbocycles. The van der Waals surface area contributed by atoms with E-state index in [4.69, 9.17) is 23.7 Å². The highest BCUT2D eigenvalue weighted by Gasteiger charge is 2.35. The van der Waals surface area contributed by atoms with Gasteiger partial charge in [-0.1, -0.05) is 48.5 Å². The van der Waals surface area contributed by atoms with Gasteiger partial charge in [-0.25, -0.2) is 38.3 Å². The quantitative estimate of drug-likeness (QED) is 0.0312. The Balaban J connectivity index is 0.000000119. The van der Waals surface area contributed by atoms with Gasteiger partial charge in [-0.2, -0.15) is 28.7 Å². The summed E-state index contributed by atoms with van der Waals surface area (Å²) in [5.41, 5.74) is 14.1. The largest absolute Gasteiger partial charge is 0.450 e. The molecule has 1 aliphatic carbocycles. The summed E-state index contributed by atoms with van der Waals surface area (Å²) in [6, 6.07) is 35.6. The Kier molecular flexibility index (Phi) is 26.7. The molecule has 126 heavy (non-hydrogen) atoms. The first-order chi connectivity index (χ1) is 61.5. The lowest BCUT2D eigenvalue weighted by Gasteiger charge is -2.31. The van der Waals surface area contributed by atoms with Gasteiger partial charge in [0, 0.05) is 141 Å². The fourth-order valence-corrected chi connectivity index (χ4v) is 18.0. The molecule has 5 aliphatic heterocycles. The number of ether oxygens (including phenoxy) is 5. The molecule has 33 heteroatoms. The number of nitrogens with zero attached hydrogens (tertiary/aromatic N) is 12. The highest BCUT2D eigenvalue weighted by atomic mass is 19.1.